The van der Waals surface area contributed by atoms with Crippen LogP contribution in [0, 0.1) is 5.92 Å². The smallest absolute Gasteiger partial charge is 0.345 e. The van der Waals surface area contributed by atoms with Gasteiger partial charge in [-0.1, -0.05) is 13.8 Å². The van der Waals surface area contributed by atoms with Gasteiger partial charge in [0.05, 0.1) is 0 Å². The lowest BCUT2D eigenvalue weighted by Gasteiger charge is -2.18. The highest BCUT2D eigenvalue weighted by molar-refractivity contribution is 7.19. The van der Waals surface area contributed by atoms with E-state index in [4.69, 9.17) is 4.74 Å². The molecule has 3 nitrogen and oxygen atoms in total. The third-order valence-corrected chi connectivity index (χ3v) is 5.31. The quantitative estimate of drug-likeness (QED) is 0.917. The highest BCUT2D eigenvalue weighted by Crippen LogP contribution is 2.38. The molecule has 21 heavy (non-hydrogen) atoms. The van der Waals surface area contributed by atoms with Crippen LogP contribution in [0.15, 0.2) is 18.2 Å². The van der Waals surface area contributed by atoms with Crippen LogP contribution in [0.1, 0.15) is 37.1 Å². The molecule has 0 spiro atoms. The first-order valence-corrected chi connectivity index (χ1v) is 8.31. The Labute approximate surface area is 128 Å². The van der Waals surface area contributed by atoms with E-state index in [9.17, 15) is 9.90 Å². The van der Waals surface area contributed by atoms with Crippen LogP contribution in [0.25, 0.3) is 10.1 Å². The lowest BCUT2D eigenvalue weighted by molar-refractivity contribution is -0.147. The summed E-state index contributed by atoms with van der Waals surface area (Å²) in [7, 11) is 0. The molecule has 1 aliphatic carbocycles. The lowest BCUT2D eigenvalue weighted by Crippen LogP contribution is -2.32. The molecule has 1 heterocycles. The van der Waals surface area contributed by atoms with Crippen molar-refractivity contribution in [3.05, 3.63) is 28.6 Å². The number of carbonyl (C=O) groups is 1. The van der Waals surface area contributed by atoms with Crippen LogP contribution in [0.5, 0.6) is 5.75 Å². The summed E-state index contributed by atoms with van der Waals surface area (Å²) in [5.74, 6) is -0.304. The Morgan fingerprint density at radius 1 is 1.29 bits per heavy atom. The van der Waals surface area contributed by atoms with Gasteiger partial charge in [0.25, 0.3) is 0 Å². The Balaban J connectivity index is 1.95. The fraction of sp³-hybridized carbons (Fsp3) is 0.471. The minimum atomic E-state index is -0.905. The van der Waals surface area contributed by atoms with Crippen molar-refractivity contribution in [3.8, 4) is 5.75 Å². The molecule has 2 aromatic rings. The SMILES string of the molecule is CC(C)C(Oc1ccc2sc3c(c2c1)CCCC3)C(=O)O. The molecule has 0 amide bonds. The van der Waals surface area contributed by atoms with Gasteiger partial charge in [-0.05, 0) is 54.8 Å². The van der Waals surface area contributed by atoms with Gasteiger partial charge in [-0.3, -0.25) is 0 Å². The molecule has 1 aromatic carbocycles. The summed E-state index contributed by atoms with van der Waals surface area (Å²) in [5.41, 5.74) is 1.45. The number of hydrogen-bond donors (Lipinski definition) is 1. The lowest BCUT2D eigenvalue weighted by atomic mass is 9.96. The molecular formula is C17H20O3S. The molecule has 0 saturated heterocycles. The Morgan fingerprint density at radius 2 is 2.05 bits per heavy atom. The number of aryl methyl sites for hydroxylation is 2. The van der Waals surface area contributed by atoms with Crippen molar-refractivity contribution in [1.82, 2.24) is 0 Å². The van der Waals surface area contributed by atoms with Gasteiger partial charge < -0.3 is 9.84 Å². The van der Waals surface area contributed by atoms with Crippen molar-refractivity contribution in [3.63, 3.8) is 0 Å². The predicted octanol–water partition coefficient (Wildman–Crippen LogP) is 4.27. The molecule has 0 radical (unpaired) electrons. The molecule has 0 bridgehead atoms. The van der Waals surface area contributed by atoms with Crippen LogP contribution in [0.2, 0.25) is 0 Å². The minimum absolute atomic E-state index is 0.0606. The number of rotatable bonds is 4. The zero-order valence-electron chi connectivity index (χ0n) is 12.4. The van der Waals surface area contributed by atoms with E-state index in [0.717, 1.165) is 6.42 Å². The molecule has 112 valence electrons. The first kappa shape index (κ1) is 14.4. The van der Waals surface area contributed by atoms with Gasteiger partial charge in [-0.25, -0.2) is 4.79 Å². The molecule has 1 aromatic heterocycles. The molecule has 1 aliphatic rings. The molecule has 1 unspecified atom stereocenters. The Hall–Kier alpha value is -1.55. The van der Waals surface area contributed by atoms with Crippen LogP contribution < -0.4 is 4.74 Å². The van der Waals surface area contributed by atoms with Gasteiger partial charge in [0.15, 0.2) is 6.10 Å². The van der Waals surface area contributed by atoms with E-state index < -0.39 is 12.1 Å². The van der Waals surface area contributed by atoms with E-state index >= 15 is 0 Å². The number of benzene rings is 1. The number of carboxylic acids is 1. The normalized spacial score (nSPS) is 16.0. The van der Waals surface area contributed by atoms with E-state index in [-0.39, 0.29) is 5.92 Å². The summed E-state index contributed by atoms with van der Waals surface area (Å²) in [6.07, 6.45) is 4.03. The van der Waals surface area contributed by atoms with Gasteiger partial charge >= 0.3 is 5.97 Å². The molecule has 3 rings (SSSR count). The zero-order chi connectivity index (χ0) is 15.0. The fourth-order valence-corrected chi connectivity index (χ4v) is 4.21. The van der Waals surface area contributed by atoms with Crippen molar-refractivity contribution in [2.45, 2.75) is 45.6 Å². The van der Waals surface area contributed by atoms with E-state index in [1.54, 1.807) is 0 Å². The average molecular weight is 304 g/mol. The zero-order valence-corrected chi connectivity index (χ0v) is 13.2. The third-order valence-electron chi connectivity index (χ3n) is 4.04. The maximum Gasteiger partial charge on any atom is 0.345 e. The van der Waals surface area contributed by atoms with E-state index in [2.05, 4.69) is 6.07 Å². The Morgan fingerprint density at radius 3 is 2.76 bits per heavy atom. The van der Waals surface area contributed by atoms with Crippen LogP contribution in [-0.4, -0.2) is 17.2 Å². The van der Waals surface area contributed by atoms with Crippen LogP contribution in [-0.2, 0) is 17.6 Å². The van der Waals surface area contributed by atoms with E-state index in [1.807, 2.05) is 37.3 Å². The summed E-state index contributed by atoms with van der Waals surface area (Å²) >= 11 is 1.87. The summed E-state index contributed by atoms with van der Waals surface area (Å²) in [4.78, 5) is 12.8. The monoisotopic (exact) mass is 304 g/mol. The number of thiophene rings is 1. The second kappa shape index (κ2) is 5.68. The van der Waals surface area contributed by atoms with E-state index in [1.165, 1.54) is 39.8 Å². The van der Waals surface area contributed by atoms with Gasteiger partial charge in [0.2, 0.25) is 0 Å². The highest BCUT2D eigenvalue weighted by Gasteiger charge is 2.24. The summed E-state index contributed by atoms with van der Waals surface area (Å²) in [6.45, 7) is 3.73. The second-order valence-electron chi connectivity index (χ2n) is 5.99. The number of fused-ring (bicyclic) bond motifs is 3. The standard InChI is InChI=1S/C17H20O3S/c1-10(2)16(17(18)19)20-11-7-8-15-13(9-11)12-5-3-4-6-14(12)21-15/h7-10,16H,3-6H2,1-2H3,(H,18,19). The third kappa shape index (κ3) is 2.77. The van der Waals surface area contributed by atoms with Crippen molar-refractivity contribution >= 4 is 27.4 Å². The molecule has 0 saturated carbocycles. The summed E-state index contributed by atoms with van der Waals surface area (Å²) in [6, 6.07) is 5.98. The number of hydrogen-bond acceptors (Lipinski definition) is 3. The minimum Gasteiger partial charge on any atom is -0.478 e. The predicted molar refractivity (Wildman–Crippen MR) is 85.4 cm³/mol. The maximum atomic E-state index is 11.3. The van der Waals surface area contributed by atoms with Crippen LogP contribution in [0.4, 0.5) is 0 Å². The molecule has 0 fully saturated rings. The maximum absolute atomic E-state index is 11.3. The van der Waals surface area contributed by atoms with Crippen LogP contribution >= 0.6 is 11.3 Å². The summed E-state index contributed by atoms with van der Waals surface area (Å²) in [5, 5.41) is 10.5. The van der Waals surface area contributed by atoms with Gasteiger partial charge in [-0.15, -0.1) is 11.3 Å². The topological polar surface area (TPSA) is 46.5 Å². The molecule has 0 aliphatic heterocycles. The van der Waals surface area contributed by atoms with Crippen molar-refractivity contribution in [1.29, 1.82) is 0 Å². The van der Waals surface area contributed by atoms with E-state index in [0.29, 0.717) is 5.75 Å². The Bertz CT molecular complexity index is 672. The largest absolute Gasteiger partial charge is 0.478 e. The van der Waals surface area contributed by atoms with Gasteiger partial charge in [0.1, 0.15) is 5.75 Å². The molecular weight excluding hydrogens is 284 g/mol. The highest BCUT2D eigenvalue weighted by atomic mass is 32.1. The second-order valence-corrected chi connectivity index (χ2v) is 7.13. The van der Waals surface area contributed by atoms with Gasteiger partial charge in [-0.2, -0.15) is 0 Å². The van der Waals surface area contributed by atoms with Crippen molar-refractivity contribution in [2.24, 2.45) is 5.92 Å². The van der Waals surface area contributed by atoms with Crippen LogP contribution in [0.3, 0.4) is 0 Å². The van der Waals surface area contributed by atoms with Crippen molar-refractivity contribution < 1.29 is 14.6 Å². The summed E-state index contributed by atoms with van der Waals surface area (Å²) < 4.78 is 6.99. The molecule has 4 heteroatoms. The Kier molecular flexibility index (Phi) is 3.89. The molecule has 1 N–H and O–H groups in total. The number of carboxylic acid groups (broad SMARTS) is 1. The number of aliphatic carboxylic acids is 1. The number of ether oxygens (including phenoxy) is 1. The molecule has 1 atom stereocenters. The van der Waals surface area contributed by atoms with Gasteiger partial charge in [0, 0.05) is 15.5 Å². The first-order valence-electron chi connectivity index (χ1n) is 7.50. The average Bonchev–Trinajstić information content (AvgIpc) is 2.82. The fourth-order valence-electron chi connectivity index (χ4n) is 2.93. The first-order chi connectivity index (χ1) is 10.1. The van der Waals surface area contributed by atoms with Crippen molar-refractivity contribution in [2.75, 3.05) is 0 Å².